The van der Waals surface area contributed by atoms with Gasteiger partial charge in [-0.25, -0.2) is 0 Å². The molecule has 2 heteroatoms. The molecule has 0 aliphatic rings. The summed E-state index contributed by atoms with van der Waals surface area (Å²) in [5, 5.41) is 0. The van der Waals surface area contributed by atoms with Gasteiger partial charge in [-0.05, 0) is 25.0 Å². The van der Waals surface area contributed by atoms with Crippen LogP contribution in [0.5, 0.6) is 0 Å². The molecule has 55 valence electrons. The third-order valence-electron chi connectivity index (χ3n) is 1.05. The van der Waals surface area contributed by atoms with Crippen molar-refractivity contribution in [1.82, 2.24) is 0 Å². The topological polar surface area (TPSA) is 0 Å². The van der Waals surface area contributed by atoms with Crippen molar-refractivity contribution in [2.24, 2.45) is 5.92 Å². The minimum absolute atomic E-state index is 0.392. The minimum Gasteiger partial charge on any atom is -0.147 e. The van der Waals surface area contributed by atoms with E-state index in [1.165, 1.54) is 12.2 Å². The van der Waals surface area contributed by atoms with Crippen LogP contribution in [-0.2, 0) is 0 Å². The lowest BCUT2D eigenvalue weighted by molar-refractivity contribution is 0.632. The minimum atomic E-state index is 0.392. The van der Waals surface area contributed by atoms with Gasteiger partial charge in [-0.2, -0.15) is 0 Å². The highest BCUT2D eigenvalue weighted by atomic mass is 32.2. The summed E-state index contributed by atoms with van der Waals surface area (Å²) in [7, 11) is 0. The predicted octanol–water partition coefficient (Wildman–Crippen LogP) is 3.31. The van der Waals surface area contributed by atoms with Crippen molar-refractivity contribution in [1.29, 1.82) is 0 Å². The fourth-order valence-corrected chi connectivity index (χ4v) is 1.70. The van der Waals surface area contributed by atoms with Gasteiger partial charge < -0.3 is 0 Å². The lowest BCUT2D eigenvalue weighted by Gasteiger charge is -2.04. The predicted molar refractivity (Wildman–Crippen MR) is 49.0 cm³/mol. The molecule has 1 radical (unpaired) electrons. The lowest BCUT2D eigenvalue weighted by atomic mass is 10.2. The second-order valence-corrected chi connectivity index (χ2v) is 5.08. The summed E-state index contributed by atoms with van der Waals surface area (Å²) in [6.07, 6.45) is 1.30. The lowest BCUT2D eigenvalue weighted by Crippen LogP contribution is -1.92. The Balaban J connectivity index is 2.91. The molecule has 0 heterocycles. The zero-order chi connectivity index (χ0) is 7.28. The third-order valence-corrected chi connectivity index (χ3v) is 2.40. The number of thioether (sulfide) groups is 1. The molecule has 0 aromatic heterocycles. The quantitative estimate of drug-likeness (QED) is 0.612. The highest BCUT2D eigenvalue weighted by molar-refractivity contribution is 8.10. The van der Waals surface area contributed by atoms with E-state index in [4.69, 9.17) is 12.6 Å². The van der Waals surface area contributed by atoms with E-state index in [1.54, 1.807) is 0 Å². The van der Waals surface area contributed by atoms with Crippen LogP contribution in [0.2, 0.25) is 0 Å². The molecule has 0 amide bonds. The van der Waals surface area contributed by atoms with E-state index in [9.17, 15) is 0 Å². The summed E-state index contributed by atoms with van der Waals surface area (Å²) in [6, 6.07) is 0. The molecule has 1 unspecified atom stereocenters. The molecule has 0 aliphatic heterocycles. The van der Waals surface area contributed by atoms with Crippen LogP contribution in [0.15, 0.2) is 0 Å². The zero-order valence-corrected chi connectivity index (χ0v) is 8.02. The van der Waals surface area contributed by atoms with Crippen molar-refractivity contribution >= 4 is 24.4 Å². The monoisotopic (exact) mass is 163 g/mol. The molecular weight excluding hydrogens is 148 g/mol. The molecule has 1 atom stereocenters. The first-order chi connectivity index (χ1) is 4.13. The van der Waals surface area contributed by atoms with Crippen LogP contribution in [0.4, 0.5) is 0 Å². The third kappa shape index (κ3) is 8.70. The van der Waals surface area contributed by atoms with Crippen LogP contribution in [0, 0.1) is 5.92 Å². The van der Waals surface area contributed by atoms with E-state index in [-0.39, 0.29) is 0 Å². The van der Waals surface area contributed by atoms with E-state index >= 15 is 0 Å². The van der Waals surface area contributed by atoms with Gasteiger partial charge in [-0.3, -0.25) is 0 Å². The van der Waals surface area contributed by atoms with Crippen LogP contribution in [0.1, 0.15) is 27.2 Å². The smallest absolute Gasteiger partial charge is 0.0578 e. The van der Waals surface area contributed by atoms with E-state index in [2.05, 4.69) is 20.8 Å². The second-order valence-electron chi connectivity index (χ2n) is 2.62. The summed E-state index contributed by atoms with van der Waals surface area (Å²) >= 11 is 6.87. The molecule has 9 heavy (non-hydrogen) atoms. The SMILES string of the molecule is CC(C)CCSC(C)[S]. The van der Waals surface area contributed by atoms with Gasteiger partial charge in [-0.15, -0.1) is 11.8 Å². The fourth-order valence-electron chi connectivity index (χ4n) is 0.470. The van der Waals surface area contributed by atoms with Crippen molar-refractivity contribution in [3.8, 4) is 0 Å². The molecule has 0 N–H and O–H groups in total. The van der Waals surface area contributed by atoms with Crippen molar-refractivity contribution < 1.29 is 0 Å². The maximum atomic E-state index is 4.99. The standard InChI is InChI=1S/C7H15S2/c1-6(2)4-5-9-7(3)8/h6-7H,4-5H2,1-3H3. The maximum Gasteiger partial charge on any atom is 0.0578 e. The van der Waals surface area contributed by atoms with Gasteiger partial charge >= 0.3 is 0 Å². The first-order valence-corrected chi connectivity index (χ1v) is 4.92. The molecule has 0 aromatic rings. The Bertz CT molecular complexity index is 51.9. The summed E-state index contributed by atoms with van der Waals surface area (Å²) in [5.41, 5.74) is 0. The van der Waals surface area contributed by atoms with Crippen LogP contribution in [0.25, 0.3) is 0 Å². The van der Waals surface area contributed by atoms with Gasteiger partial charge in [0, 0.05) is 0 Å². The van der Waals surface area contributed by atoms with E-state index in [1.807, 2.05) is 11.8 Å². The molecule has 0 spiro atoms. The van der Waals surface area contributed by atoms with Crippen molar-refractivity contribution in [3.63, 3.8) is 0 Å². The van der Waals surface area contributed by atoms with E-state index in [0.717, 1.165) is 5.92 Å². The molecule has 0 saturated carbocycles. The molecule has 0 fully saturated rings. The Morgan fingerprint density at radius 1 is 1.33 bits per heavy atom. The van der Waals surface area contributed by atoms with E-state index < -0.39 is 0 Å². The van der Waals surface area contributed by atoms with Crippen LogP contribution < -0.4 is 0 Å². The average molecular weight is 163 g/mol. The molecule has 0 aromatic carbocycles. The van der Waals surface area contributed by atoms with Crippen molar-refractivity contribution in [2.75, 3.05) is 5.75 Å². The highest BCUT2D eigenvalue weighted by Gasteiger charge is 1.97. The summed E-state index contributed by atoms with van der Waals surface area (Å²) in [6.45, 7) is 6.56. The van der Waals surface area contributed by atoms with Gasteiger partial charge in [0.05, 0.1) is 4.58 Å². The zero-order valence-electron chi connectivity index (χ0n) is 6.39. The van der Waals surface area contributed by atoms with Gasteiger partial charge in [0.15, 0.2) is 0 Å². The summed E-state index contributed by atoms with van der Waals surface area (Å²) in [5.74, 6) is 2.05. The first-order valence-electron chi connectivity index (χ1n) is 3.40. The highest BCUT2D eigenvalue weighted by Crippen LogP contribution is 2.16. The largest absolute Gasteiger partial charge is 0.147 e. The summed E-state index contributed by atoms with van der Waals surface area (Å²) in [4.78, 5) is 0. The first kappa shape index (κ1) is 9.70. The van der Waals surface area contributed by atoms with Gasteiger partial charge in [0.2, 0.25) is 0 Å². The van der Waals surface area contributed by atoms with Gasteiger partial charge in [0.25, 0.3) is 0 Å². The van der Waals surface area contributed by atoms with Crippen LogP contribution >= 0.6 is 24.4 Å². The number of rotatable bonds is 4. The fraction of sp³-hybridized carbons (Fsp3) is 1.00. The Kier molecular flexibility index (Phi) is 5.91. The molecule has 0 aliphatic carbocycles. The Labute approximate surface area is 68.2 Å². The van der Waals surface area contributed by atoms with Gasteiger partial charge in [-0.1, -0.05) is 26.5 Å². The molecule has 0 saturated heterocycles. The van der Waals surface area contributed by atoms with Crippen LogP contribution in [0.3, 0.4) is 0 Å². The Hall–Kier alpha value is 0.700. The maximum absolute atomic E-state index is 4.99. The van der Waals surface area contributed by atoms with Crippen LogP contribution in [-0.4, -0.2) is 10.3 Å². The van der Waals surface area contributed by atoms with Crippen molar-refractivity contribution in [2.45, 2.75) is 31.8 Å². The molecule has 0 nitrogen and oxygen atoms in total. The van der Waals surface area contributed by atoms with E-state index in [0.29, 0.717) is 4.58 Å². The number of hydrogen-bond donors (Lipinski definition) is 0. The normalized spacial score (nSPS) is 14.3. The van der Waals surface area contributed by atoms with Gasteiger partial charge in [0.1, 0.15) is 0 Å². The second kappa shape index (κ2) is 5.48. The number of hydrogen-bond acceptors (Lipinski definition) is 1. The van der Waals surface area contributed by atoms with Crippen molar-refractivity contribution in [3.05, 3.63) is 0 Å². The molecular formula is C7H15S2. The average Bonchev–Trinajstić information content (AvgIpc) is 1.63. The Morgan fingerprint density at radius 3 is 2.22 bits per heavy atom. The summed E-state index contributed by atoms with van der Waals surface area (Å²) < 4.78 is 0.392. The molecule has 0 rings (SSSR count). The molecule has 0 bridgehead atoms. The Morgan fingerprint density at radius 2 is 1.89 bits per heavy atom.